The highest BCUT2D eigenvalue weighted by atomic mass is 16.7. The molecule has 0 radical (unpaired) electrons. The molecule has 0 fully saturated rings. The van der Waals surface area contributed by atoms with E-state index in [0.29, 0.717) is 17.1 Å². The van der Waals surface area contributed by atoms with Crippen molar-refractivity contribution in [1.82, 2.24) is 0 Å². The smallest absolute Gasteiger partial charge is 0.255 e. The highest BCUT2D eigenvalue weighted by Crippen LogP contribution is 2.32. The van der Waals surface area contributed by atoms with E-state index in [9.17, 15) is 4.79 Å². The van der Waals surface area contributed by atoms with Gasteiger partial charge in [-0.1, -0.05) is 12.1 Å². The number of nitrogens with one attached hydrogen (secondary N) is 1. The Morgan fingerprint density at radius 3 is 2.75 bits per heavy atom. The zero-order valence-electron chi connectivity index (χ0n) is 11.4. The van der Waals surface area contributed by atoms with Crippen LogP contribution in [0.5, 0.6) is 11.5 Å². The molecule has 2 aromatic carbocycles. The van der Waals surface area contributed by atoms with Crippen LogP contribution in [0.4, 0.5) is 5.69 Å². The first kappa shape index (κ1) is 12.5. The third kappa shape index (κ3) is 2.20. The fraction of sp³-hybridized carbons (Fsp3) is 0.188. The lowest BCUT2D eigenvalue weighted by Gasteiger charge is -2.10. The molecule has 1 aliphatic rings. The Kier molecular flexibility index (Phi) is 3.06. The maximum atomic E-state index is 12.3. The van der Waals surface area contributed by atoms with Crippen molar-refractivity contribution in [3.63, 3.8) is 0 Å². The number of benzene rings is 2. The van der Waals surface area contributed by atoms with Gasteiger partial charge in [0.05, 0.1) is 0 Å². The molecular formula is C16H15NO3. The maximum Gasteiger partial charge on any atom is 0.255 e. The zero-order chi connectivity index (χ0) is 14.1. The van der Waals surface area contributed by atoms with Gasteiger partial charge in [-0.05, 0) is 49.2 Å². The first-order valence-corrected chi connectivity index (χ1v) is 6.42. The number of carbonyl (C=O) groups excluding carboxylic acids is 1. The minimum atomic E-state index is -0.156. The minimum Gasteiger partial charge on any atom is -0.454 e. The second-order valence-electron chi connectivity index (χ2n) is 4.77. The van der Waals surface area contributed by atoms with Crippen LogP contribution < -0.4 is 14.8 Å². The summed E-state index contributed by atoms with van der Waals surface area (Å²) in [7, 11) is 0. The molecule has 4 heteroatoms. The van der Waals surface area contributed by atoms with Crippen LogP contribution in [0.15, 0.2) is 36.4 Å². The Hall–Kier alpha value is -2.49. The maximum absolute atomic E-state index is 12.3. The lowest BCUT2D eigenvalue weighted by atomic mass is 10.1. The summed E-state index contributed by atoms with van der Waals surface area (Å²) in [6, 6.07) is 11.0. The fourth-order valence-corrected chi connectivity index (χ4v) is 2.12. The van der Waals surface area contributed by atoms with E-state index >= 15 is 0 Å². The first-order chi connectivity index (χ1) is 9.65. The molecule has 0 aliphatic carbocycles. The van der Waals surface area contributed by atoms with E-state index in [2.05, 4.69) is 5.32 Å². The molecule has 0 aromatic heterocycles. The molecule has 0 bridgehead atoms. The molecule has 4 nitrogen and oxygen atoms in total. The van der Waals surface area contributed by atoms with Crippen molar-refractivity contribution in [2.45, 2.75) is 13.8 Å². The Labute approximate surface area is 117 Å². The third-order valence-corrected chi connectivity index (χ3v) is 3.49. The van der Waals surface area contributed by atoms with E-state index in [0.717, 1.165) is 16.8 Å². The van der Waals surface area contributed by atoms with Gasteiger partial charge >= 0.3 is 0 Å². The van der Waals surface area contributed by atoms with Gasteiger partial charge < -0.3 is 14.8 Å². The lowest BCUT2D eigenvalue weighted by Crippen LogP contribution is -2.13. The Balaban J connectivity index is 1.84. The van der Waals surface area contributed by atoms with Crippen molar-refractivity contribution >= 4 is 11.6 Å². The van der Waals surface area contributed by atoms with Crippen molar-refractivity contribution in [2.75, 3.05) is 12.1 Å². The highest BCUT2D eigenvalue weighted by Gasteiger charge is 2.16. The van der Waals surface area contributed by atoms with Gasteiger partial charge in [-0.3, -0.25) is 4.79 Å². The number of ether oxygens (including phenoxy) is 2. The van der Waals surface area contributed by atoms with Crippen LogP contribution in [0, 0.1) is 13.8 Å². The van der Waals surface area contributed by atoms with Crippen molar-refractivity contribution in [2.24, 2.45) is 0 Å². The summed E-state index contributed by atoms with van der Waals surface area (Å²) in [4.78, 5) is 12.3. The molecule has 0 saturated carbocycles. The number of rotatable bonds is 2. The second kappa shape index (κ2) is 4.89. The number of hydrogen-bond donors (Lipinski definition) is 1. The summed E-state index contributed by atoms with van der Waals surface area (Å²) in [6.45, 7) is 4.22. The van der Waals surface area contributed by atoms with Crippen LogP contribution in [0.3, 0.4) is 0 Å². The van der Waals surface area contributed by atoms with Crippen molar-refractivity contribution < 1.29 is 14.3 Å². The summed E-state index contributed by atoms with van der Waals surface area (Å²) >= 11 is 0. The summed E-state index contributed by atoms with van der Waals surface area (Å²) < 4.78 is 10.5. The van der Waals surface area contributed by atoms with Gasteiger partial charge in [-0.2, -0.15) is 0 Å². The highest BCUT2D eigenvalue weighted by molar-refractivity contribution is 6.05. The van der Waals surface area contributed by atoms with Crippen LogP contribution in [0.25, 0.3) is 0 Å². The summed E-state index contributed by atoms with van der Waals surface area (Å²) in [6.07, 6.45) is 0. The molecule has 0 atom stereocenters. The summed E-state index contributed by atoms with van der Waals surface area (Å²) in [5, 5.41) is 2.92. The van der Waals surface area contributed by atoms with Gasteiger partial charge in [-0.15, -0.1) is 0 Å². The largest absolute Gasteiger partial charge is 0.454 e. The predicted octanol–water partition coefficient (Wildman–Crippen LogP) is 3.28. The van der Waals surface area contributed by atoms with Crippen molar-refractivity contribution in [3.8, 4) is 11.5 Å². The monoisotopic (exact) mass is 269 g/mol. The average Bonchev–Trinajstić information content (AvgIpc) is 2.91. The second-order valence-corrected chi connectivity index (χ2v) is 4.77. The van der Waals surface area contributed by atoms with Crippen LogP contribution in [-0.4, -0.2) is 12.7 Å². The summed E-state index contributed by atoms with van der Waals surface area (Å²) in [5.41, 5.74) is 3.60. The molecule has 102 valence electrons. The Bertz CT molecular complexity index is 679. The molecular weight excluding hydrogens is 254 g/mol. The van der Waals surface area contributed by atoms with Crippen molar-refractivity contribution in [1.29, 1.82) is 0 Å². The van der Waals surface area contributed by atoms with Gasteiger partial charge in [0.2, 0.25) is 6.79 Å². The Morgan fingerprint density at radius 2 is 1.90 bits per heavy atom. The van der Waals surface area contributed by atoms with Crippen LogP contribution in [-0.2, 0) is 0 Å². The minimum absolute atomic E-state index is 0.156. The van der Waals surface area contributed by atoms with Crippen LogP contribution >= 0.6 is 0 Å². The molecule has 3 rings (SSSR count). The molecule has 1 aliphatic heterocycles. The zero-order valence-corrected chi connectivity index (χ0v) is 11.4. The SMILES string of the molecule is Cc1cccc(NC(=O)c2ccc3c(c2)OCO3)c1C. The molecule has 1 N–H and O–H groups in total. The van der Waals surface area contributed by atoms with E-state index in [4.69, 9.17) is 9.47 Å². The van der Waals surface area contributed by atoms with Crippen molar-refractivity contribution in [3.05, 3.63) is 53.1 Å². The topological polar surface area (TPSA) is 47.6 Å². The number of anilines is 1. The van der Waals surface area contributed by atoms with E-state index in [1.807, 2.05) is 32.0 Å². The molecule has 0 unspecified atom stereocenters. The molecule has 0 spiro atoms. The average molecular weight is 269 g/mol. The van der Waals surface area contributed by atoms with Gasteiger partial charge in [0.1, 0.15) is 0 Å². The first-order valence-electron chi connectivity index (χ1n) is 6.42. The summed E-state index contributed by atoms with van der Waals surface area (Å²) in [5.74, 6) is 1.13. The lowest BCUT2D eigenvalue weighted by molar-refractivity contribution is 0.102. The molecule has 2 aromatic rings. The van der Waals surface area contributed by atoms with Gasteiger partial charge in [-0.25, -0.2) is 0 Å². The number of hydrogen-bond acceptors (Lipinski definition) is 3. The normalized spacial score (nSPS) is 12.3. The molecule has 1 heterocycles. The fourth-order valence-electron chi connectivity index (χ4n) is 2.12. The standard InChI is InChI=1S/C16H15NO3/c1-10-4-3-5-13(11(10)2)17-16(18)12-6-7-14-15(8-12)20-9-19-14/h3-8H,9H2,1-2H3,(H,17,18). The van der Waals surface area contributed by atoms with E-state index in [-0.39, 0.29) is 12.7 Å². The predicted molar refractivity (Wildman–Crippen MR) is 76.4 cm³/mol. The Morgan fingerprint density at radius 1 is 1.10 bits per heavy atom. The number of carbonyl (C=O) groups is 1. The molecule has 0 saturated heterocycles. The van der Waals surface area contributed by atoms with Gasteiger partial charge in [0.25, 0.3) is 5.91 Å². The number of fused-ring (bicyclic) bond motifs is 1. The van der Waals surface area contributed by atoms with E-state index < -0.39 is 0 Å². The number of aryl methyl sites for hydroxylation is 1. The van der Waals surface area contributed by atoms with Gasteiger partial charge in [0.15, 0.2) is 11.5 Å². The molecule has 20 heavy (non-hydrogen) atoms. The third-order valence-electron chi connectivity index (χ3n) is 3.49. The quantitative estimate of drug-likeness (QED) is 0.910. The van der Waals surface area contributed by atoms with E-state index in [1.165, 1.54) is 0 Å². The van der Waals surface area contributed by atoms with Crippen LogP contribution in [0.1, 0.15) is 21.5 Å². The van der Waals surface area contributed by atoms with E-state index in [1.54, 1.807) is 18.2 Å². The van der Waals surface area contributed by atoms with Crippen LogP contribution in [0.2, 0.25) is 0 Å². The van der Waals surface area contributed by atoms with Gasteiger partial charge in [0, 0.05) is 11.3 Å². The number of amides is 1. The molecule has 1 amide bonds.